The van der Waals surface area contributed by atoms with E-state index in [1.165, 1.54) is 4.70 Å². The lowest BCUT2D eigenvalue weighted by molar-refractivity contribution is 0.0392. The molecular weight excluding hydrogens is 398 g/mol. The van der Waals surface area contributed by atoms with Gasteiger partial charge in [-0.15, -0.1) is 11.3 Å². The van der Waals surface area contributed by atoms with Gasteiger partial charge in [0.15, 0.2) is 5.82 Å². The summed E-state index contributed by atoms with van der Waals surface area (Å²) < 4.78 is 6.63. The normalized spacial score (nSPS) is 17.0. The minimum Gasteiger partial charge on any atom is -0.379 e. The zero-order chi connectivity index (χ0) is 20.7. The topological polar surface area (TPSA) is 69.7 Å². The Hall–Kier alpha value is -2.49. The average Bonchev–Trinajstić information content (AvgIpc) is 3.25. The van der Waals surface area contributed by atoms with Crippen molar-refractivity contribution >= 4 is 44.7 Å². The Labute approximate surface area is 180 Å². The molecule has 9 heteroatoms. The van der Waals surface area contributed by atoms with Gasteiger partial charge in [0.05, 0.1) is 47.0 Å². The number of hydrogen-bond acceptors (Lipinski definition) is 9. The molecule has 1 saturated heterocycles. The molecule has 5 rings (SSSR count). The first-order chi connectivity index (χ1) is 14.6. The standard InChI is InChI=1S/C21H27N7OS/c1-14-10-17-19(30-15(2)23-17)11-16(14)24-21-22-12-18-20(25-21)28(13-26(18)3)5-4-27-6-8-29-9-7-27/h10-12H,4-9,13H2,1-3H3,(H,22,24,25). The van der Waals surface area contributed by atoms with Crippen LogP contribution in [-0.4, -0.2) is 73.0 Å². The Bertz CT molecular complexity index is 1060. The number of rotatable bonds is 5. The predicted molar refractivity (Wildman–Crippen MR) is 122 cm³/mol. The third-order valence-corrected chi connectivity index (χ3v) is 6.66. The predicted octanol–water partition coefficient (Wildman–Crippen LogP) is 2.99. The summed E-state index contributed by atoms with van der Waals surface area (Å²) in [5.41, 5.74) is 4.29. The van der Waals surface area contributed by atoms with E-state index in [1.807, 2.05) is 13.1 Å². The molecule has 2 aliphatic heterocycles. The Balaban J connectivity index is 1.35. The summed E-state index contributed by atoms with van der Waals surface area (Å²) in [5.74, 6) is 1.62. The molecule has 3 aromatic rings. The second-order valence-electron chi connectivity index (χ2n) is 7.95. The van der Waals surface area contributed by atoms with Crippen molar-refractivity contribution in [2.75, 3.05) is 68.2 Å². The molecule has 0 amide bonds. The van der Waals surface area contributed by atoms with E-state index in [9.17, 15) is 0 Å². The molecule has 0 saturated carbocycles. The van der Waals surface area contributed by atoms with E-state index < -0.39 is 0 Å². The molecule has 30 heavy (non-hydrogen) atoms. The summed E-state index contributed by atoms with van der Waals surface area (Å²) >= 11 is 1.71. The van der Waals surface area contributed by atoms with Gasteiger partial charge in [0.25, 0.3) is 0 Å². The number of nitrogens with one attached hydrogen (secondary N) is 1. The van der Waals surface area contributed by atoms with Gasteiger partial charge in [-0.2, -0.15) is 4.98 Å². The molecule has 0 bridgehead atoms. The number of aromatic nitrogens is 3. The molecule has 1 fully saturated rings. The number of aryl methyl sites for hydroxylation is 2. The Kier molecular flexibility index (Phi) is 5.18. The highest BCUT2D eigenvalue weighted by Crippen LogP contribution is 2.34. The van der Waals surface area contributed by atoms with Crippen LogP contribution in [0.5, 0.6) is 0 Å². The zero-order valence-corrected chi connectivity index (χ0v) is 18.5. The van der Waals surface area contributed by atoms with Crippen molar-refractivity contribution in [1.29, 1.82) is 0 Å². The van der Waals surface area contributed by atoms with Crippen molar-refractivity contribution in [2.45, 2.75) is 13.8 Å². The largest absolute Gasteiger partial charge is 0.379 e. The highest BCUT2D eigenvalue weighted by Gasteiger charge is 2.26. The summed E-state index contributed by atoms with van der Waals surface area (Å²) in [7, 11) is 2.09. The quantitative estimate of drug-likeness (QED) is 0.669. The molecule has 158 valence electrons. The minimum absolute atomic E-state index is 0.629. The van der Waals surface area contributed by atoms with Crippen LogP contribution >= 0.6 is 11.3 Å². The molecule has 0 unspecified atom stereocenters. The zero-order valence-electron chi connectivity index (χ0n) is 17.7. The molecular formula is C21H27N7OS. The molecule has 0 spiro atoms. The fourth-order valence-electron chi connectivity index (χ4n) is 4.04. The van der Waals surface area contributed by atoms with Crippen LogP contribution < -0.4 is 15.1 Å². The van der Waals surface area contributed by atoms with Crippen LogP contribution in [0.4, 0.5) is 23.1 Å². The summed E-state index contributed by atoms with van der Waals surface area (Å²) in [5, 5.41) is 4.51. The first-order valence-corrected chi connectivity index (χ1v) is 11.2. The summed E-state index contributed by atoms with van der Waals surface area (Å²) in [6.07, 6.45) is 1.92. The lowest BCUT2D eigenvalue weighted by Gasteiger charge is -2.29. The number of nitrogens with zero attached hydrogens (tertiary/aromatic N) is 6. The third kappa shape index (κ3) is 3.80. The lowest BCUT2D eigenvalue weighted by Crippen LogP contribution is -2.42. The SMILES string of the molecule is Cc1nc2cc(C)c(Nc3ncc4c(n3)N(CCN3CCOCC3)CN4C)cc2s1. The maximum Gasteiger partial charge on any atom is 0.229 e. The van der Waals surface area contributed by atoms with Crippen LogP contribution in [0, 0.1) is 13.8 Å². The summed E-state index contributed by atoms with van der Waals surface area (Å²) in [6.45, 7) is 10.6. The number of ether oxygens (including phenoxy) is 1. The highest BCUT2D eigenvalue weighted by molar-refractivity contribution is 7.18. The monoisotopic (exact) mass is 425 g/mol. The smallest absolute Gasteiger partial charge is 0.229 e. The molecule has 8 nitrogen and oxygen atoms in total. The first kappa shape index (κ1) is 19.5. The van der Waals surface area contributed by atoms with Gasteiger partial charge in [-0.1, -0.05) is 0 Å². The van der Waals surface area contributed by atoms with Crippen molar-refractivity contribution in [1.82, 2.24) is 19.9 Å². The Morgan fingerprint density at radius 3 is 2.80 bits per heavy atom. The van der Waals surface area contributed by atoms with Crippen molar-refractivity contribution in [2.24, 2.45) is 0 Å². The van der Waals surface area contributed by atoms with Crippen LogP contribution in [0.3, 0.4) is 0 Å². The molecule has 0 radical (unpaired) electrons. The number of morpholine rings is 1. The van der Waals surface area contributed by atoms with Crippen LogP contribution in [0.15, 0.2) is 18.3 Å². The molecule has 1 N–H and O–H groups in total. The van der Waals surface area contributed by atoms with E-state index in [0.717, 1.165) is 79.3 Å². The van der Waals surface area contributed by atoms with Crippen molar-refractivity contribution in [3.63, 3.8) is 0 Å². The van der Waals surface area contributed by atoms with Gasteiger partial charge in [-0.25, -0.2) is 9.97 Å². The molecule has 0 atom stereocenters. The van der Waals surface area contributed by atoms with Crippen LogP contribution in [0.2, 0.25) is 0 Å². The van der Waals surface area contributed by atoms with Gasteiger partial charge < -0.3 is 19.9 Å². The van der Waals surface area contributed by atoms with Crippen molar-refractivity contribution < 1.29 is 4.74 Å². The van der Waals surface area contributed by atoms with Crippen LogP contribution in [0.1, 0.15) is 10.6 Å². The van der Waals surface area contributed by atoms with E-state index in [0.29, 0.717) is 5.95 Å². The number of fused-ring (bicyclic) bond motifs is 2. The molecule has 0 aliphatic carbocycles. The molecule has 4 heterocycles. The minimum atomic E-state index is 0.629. The fourth-order valence-corrected chi connectivity index (χ4v) is 4.89. The fraction of sp³-hybridized carbons (Fsp3) is 0.476. The van der Waals surface area contributed by atoms with Crippen LogP contribution in [0.25, 0.3) is 10.2 Å². The number of hydrogen-bond donors (Lipinski definition) is 1. The van der Waals surface area contributed by atoms with Crippen LogP contribution in [-0.2, 0) is 4.74 Å². The lowest BCUT2D eigenvalue weighted by atomic mass is 10.2. The number of benzene rings is 1. The van der Waals surface area contributed by atoms with E-state index in [4.69, 9.17) is 9.72 Å². The first-order valence-electron chi connectivity index (χ1n) is 10.3. The highest BCUT2D eigenvalue weighted by atomic mass is 32.1. The van der Waals surface area contributed by atoms with Crippen molar-refractivity contribution in [3.05, 3.63) is 28.9 Å². The third-order valence-electron chi connectivity index (χ3n) is 5.72. The van der Waals surface area contributed by atoms with Gasteiger partial charge in [-0.3, -0.25) is 4.90 Å². The number of anilines is 4. The Morgan fingerprint density at radius 1 is 1.13 bits per heavy atom. The summed E-state index contributed by atoms with van der Waals surface area (Å²) in [6, 6.07) is 4.27. The molecule has 2 aliphatic rings. The van der Waals surface area contributed by atoms with Gasteiger partial charge in [0.1, 0.15) is 0 Å². The van der Waals surface area contributed by atoms with Crippen molar-refractivity contribution in [3.8, 4) is 0 Å². The van der Waals surface area contributed by atoms with Gasteiger partial charge in [0.2, 0.25) is 5.95 Å². The summed E-state index contributed by atoms with van der Waals surface area (Å²) in [4.78, 5) is 21.0. The number of thiazole rings is 1. The van der Waals surface area contributed by atoms with E-state index in [1.54, 1.807) is 11.3 Å². The maximum absolute atomic E-state index is 5.46. The second kappa shape index (κ2) is 7.98. The van der Waals surface area contributed by atoms with E-state index in [2.05, 4.69) is 56.1 Å². The second-order valence-corrected chi connectivity index (χ2v) is 9.19. The molecule has 2 aromatic heterocycles. The van der Waals surface area contributed by atoms with E-state index in [-0.39, 0.29) is 0 Å². The van der Waals surface area contributed by atoms with Gasteiger partial charge in [-0.05, 0) is 31.5 Å². The average molecular weight is 426 g/mol. The van der Waals surface area contributed by atoms with Gasteiger partial charge >= 0.3 is 0 Å². The maximum atomic E-state index is 5.46. The van der Waals surface area contributed by atoms with Gasteiger partial charge in [0, 0.05) is 38.9 Å². The van der Waals surface area contributed by atoms with E-state index >= 15 is 0 Å². The Morgan fingerprint density at radius 2 is 1.97 bits per heavy atom. The molecule has 1 aromatic carbocycles.